The van der Waals surface area contributed by atoms with Crippen molar-refractivity contribution < 1.29 is 100 Å². The van der Waals surface area contributed by atoms with Crippen LogP contribution < -0.4 is 72.9 Å². The summed E-state index contributed by atoms with van der Waals surface area (Å²) >= 11 is 0. The number of ketones is 6. The third kappa shape index (κ3) is 47.3. The number of aromatic nitrogens is 3. The number of Topliss-reactive ketones (excluding diaryl/α,β-unsaturated/α-hetero) is 6. The number of amides is 5. The Labute approximate surface area is 787 Å². The summed E-state index contributed by atoms with van der Waals surface area (Å²) in [6, 6.07) is 15.3. The molecule has 0 aliphatic carbocycles. The van der Waals surface area contributed by atoms with Crippen LogP contribution in [0, 0.1) is 17.8 Å². The van der Waals surface area contributed by atoms with E-state index in [1.807, 2.05) is 119 Å². The molecule has 0 aliphatic heterocycles. The second-order valence-corrected chi connectivity index (χ2v) is 32.8. The van der Waals surface area contributed by atoms with E-state index in [1.54, 1.807) is 55.4 Å². The maximum atomic E-state index is 13.1. The Kier molecular flexibility index (Phi) is 57.2. The van der Waals surface area contributed by atoms with Gasteiger partial charge >= 0.3 is 60.9 Å². The average molecular weight is 1880 g/mol. The lowest BCUT2D eigenvalue weighted by Gasteiger charge is -2.22. The van der Waals surface area contributed by atoms with Crippen LogP contribution in [0.3, 0.4) is 0 Å². The van der Waals surface area contributed by atoms with E-state index >= 15 is 0 Å². The number of nitrogens with two attached hydrogens (primary N) is 4. The van der Waals surface area contributed by atoms with Crippen LogP contribution in [0.25, 0.3) is 32.7 Å². The summed E-state index contributed by atoms with van der Waals surface area (Å²) in [6.45, 7) is 39.2. The topological polar surface area (TPSA) is 601 Å². The van der Waals surface area contributed by atoms with Gasteiger partial charge < -0.3 is 92.9 Å². The largest absolute Gasteiger partial charge is 0.464 e. The first-order valence-corrected chi connectivity index (χ1v) is 44.2. The lowest BCUT2D eigenvalue weighted by Crippen LogP contribution is -2.50. The quantitative estimate of drug-likeness (QED) is 0.0113. The van der Waals surface area contributed by atoms with E-state index in [0.717, 1.165) is 80.5 Å². The van der Waals surface area contributed by atoms with Gasteiger partial charge in [-0.3, -0.25) is 47.9 Å². The molecule has 6 aromatic rings. The second-order valence-electron chi connectivity index (χ2n) is 32.8. The molecular weight excluding hydrogens is 1740 g/mol. The molecule has 38 heteroatoms. The Morgan fingerprint density at radius 2 is 0.593 bits per heavy atom. The molecule has 38 nitrogen and oxygen atoms in total. The number of nitrogens with zero attached hydrogens (tertiary/aromatic N) is 5. The molecule has 10 atom stereocenters. The van der Waals surface area contributed by atoms with Crippen LogP contribution in [-0.2, 0) is 120 Å². The third-order valence-corrected chi connectivity index (χ3v) is 19.3. The summed E-state index contributed by atoms with van der Waals surface area (Å²) in [7, 11) is 0. The summed E-state index contributed by atoms with van der Waals surface area (Å²) in [4.78, 5) is 202. The smallest absolute Gasteiger partial charge is 0.334 e. The third-order valence-electron chi connectivity index (χ3n) is 19.3. The van der Waals surface area contributed by atoms with Crippen LogP contribution in [0.2, 0.25) is 0 Å². The summed E-state index contributed by atoms with van der Waals surface area (Å²) in [5.74, 6) is -6.97. The number of hydrogen-bond donors (Lipinski definition) is 12. The summed E-state index contributed by atoms with van der Waals surface area (Å²) in [5, 5.41) is 16.0. The maximum Gasteiger partial charge on any atom is 0.334 e. The monoisotopic (exact) mass is 1880 g/mol. The Balaban J connectivity index is 0.000000848. The standard InChI is InChI=1S/C24H29N3O5.C21H26N4O4.C20H24N4O4.C16H27N3O4.C15H25N3O4.CH4/c1-15(2)32-24(31)22(10-9-19(29)14-25-4)27-23(30)17(11-16(3)28)12-18-13-26-21-8-6-5-7-20(18)21;1-13(2)29-21(28)19(9-8-15(26)12-23-3)25-20(27)17(22)10-14-11-24-18-7-5-4-6-16(14)18;1-3-28-20(27)18(9-8-14(25)12-22-2)24-19(26)16(21)10-13-11-23-17-7-5-4-6-15(13)17;1-10(2)8-13(17)15(21)19-14(16(22)23-11(3)4)7-6-12(20)9-18-5;1-5-22-15(21)13(7-6-11(19)9-17-4)18-14(20)12(16)8-10(2)3;/h5-8,13-15,17,22,26H,4,9-12H2,1-3H3;4-7,11-13,17,19,24H,3,8-10,22H2,1-2H3;4-7,11-12,16,18,23H,2-3,8-10,21H2,1H3;9-11,13-14H,5-8,17H2,1-4H3;9-10,12-13H,4-8,16H2,1-3H3;1H4/p+5/t17-,22-;17-,19-;16-,18-;13-,14-;12-,13-;/m00000./s1. The molecule has 734 valence electrons. The molecule has 3 aromatic carbocycles. The van der Waals surface area contributed by atoms with Gasteiger partial charge in [-0.25, -0.2) is 24.0 Å². The predicted octanol–water partition coefficient (Wildman–Crippen LogP) is 3.08. The molecule has 0 spiro atoms. The first-order valence-electron chi connectivity index (χ1n) is 44.2. The van der Waals surface area contributed by atoms with E-state index in [4.69, 9.17) is 46.6 Å². The van der Waals surface area contributed by atoms with E-state index in [1.165, 1.54) is 6.92 Å². The van der Waals surface area contributed by atoms with Crippen LogP contribution in [0.4, 0.5) is 0 Å². The lowest BCUT2D eigenvalue weighted by atomic mass is 9.93. The Morgan fingerprint density at radius 1 is 0.356 bits per heavy atom. The highest BCUT2D eigenvalue weighted by atomic mass is 16.6. The molecule has 0 unspecified atom stereocenters. The van der Waals surface area contributed by atoms with Gasteiger partial charge in [-0.15, -0.1) is 23.3 Å². The summed E-state index contributed by atoms with van der Waals surface area (Å²) < 4.78 is 42.4. The van der Waals surface area contributed by atoms with Crippen molar-refractivity contribution in [1.82, 2.24) is 64.9 Å². The van der Waals surface area contributed by atoms with Crippen molar-refractivity contribution in [3.05, 3.63) is 108 Å². The van der Waals surface area contributed by atoms with Gasteiger partial charge in [-0.1, -0.05) is 89.7 Å². The lowest BCUT2D eigenvalue weighted by molar-refractivity contribution is -0.152. The van der Waals surface area contributed by atoms with Crippen LogP contribution in [-0.4, -0.2) is 260 Å². The maximum absolute atomic E-state index is 13.1. The van der Waals surface area contributed by atoms with E-state index in [9.17, 15) is 76.7 Å². The zero-order valence-electron chi connectivity index (χ0n) is 79.1. The predicted molar refractivity (Wildman–Crippen MR) is 527 cm³/mol. The van der Waals surface area contributed by atoms with Crippen LogP contribution in [0.15, 0.2) is 91.4 Å². The molecular formula is C97H140N17O21+5. The zero-order valence-corrected chi connectivity index (χ0v) is 79.1. The van der Waals surface area contributed by atoms with Gasteiger partial charge in [0, 0.05) is 95.7 Å². The number of fused-ring (bicyclic) bond motifs is 3. The number of para-hydroxylation sites is 3. The fourth-order valence-corrected chi connectivity index (χ4v) is 13.0. The van der Waals surface area contributed by atoms with Crippen molar-refractivity contribution >= 4 is 191 Å². The number of aromatic amines is 3. The molecule has 5 amide bonds. The van der Waals surface area contributed by atoms with Crippen molar-refractivity contribution in [1.29, 1.82) is 0 Å². The number of carbonyl (C=O) groups excluding carboxylic acids is 16. The normalized spacial score (nSPS) is 12.7. The highest BCUT2D eigenvalue weighted by Crippen LogP contribution is 2.25. The highest BCUT2D eigenvalue weighted by molar-refractivity contribution is 6.29. The van der Waals surface area contributed by atoms with Crippen LogP contribution >= 0.6 is 0 Å². The molecule has 0 fully saturated rings. The van der Waals surface area contributed by atoms with Gasteiger partial charge in [-0.05, 0) is 173 Å². The molecule has 0 aliphatic rings. The number of esters is 5. The molecule has 0 radical (unpaired) electrons. The van der Waals surface area contributed by atoms with E-state index in [0.29, 0.717) is 32.1 Å². The van der Waals surface area contributed by atoms with Gasteiger partial charge in [-0.2, -0.15) is 0 Å². The average Bonchev–Trinajstić information content (AvgIpc) is 1.69. The van der Waals surface area contributed by atoms with Crippen molar-refractivity contribution in [2.45, 2.75) is 273 Å². The first-order chi connectivity index (χ1) is 63.5. The van der Waals surface area contributed by atoms with Crippen LogP contribution in [0.5, 0.6) is 0 Å². The Morgan fingerprint density at radius 3 is 0.830 bits per heavy atom. The van der Waals surface area contributed by atoms with Crippen LogP contribution in [0.1, 0.15) is 198 Å². The number of rotatable bonds is 52. The molecule has 0 saturated carbocycles. The molecule has 0 bridgehead atoms. The van der Waals surface area contributed by atoms with Crippen molar-refractivity contribution in [2.24, 2.45) is 40.7 Å². The SMILES string of the molecule is C.C=[N+]=CC(=O)CC[C@H](NC(=O)[C@@H](CC(C)=O)Cc1c[nH]c2ccccc12)C(=O)OC(C)C.C=[N+]=CC(=O)CC[C@H](NC(=O)[C@@H](N)CC(C)C)C(=O)OC(C)C.C=[N+]=CC(=O)CC[C@H](NC(=O)[C@@H](N)CC(C)C)C(=O)OCC.C=[N+]=CC(=O)CC[C@H](NC(=O)[C@@H](N)Cc1c[nH]c2ccccc12)C(=O)OC(C)C.C=[N+]=CC(=O)CC[C@H](NC(=O)[C@@H](N)Cc1c[nH]c2ccccc12)C(=O)OCC. The Bertz CT molecular complexity index is 5200. The second kappa shape index (κ2) is 64.8. The Hall–Kier alpha value is -13.9. The zero-order chi connectivity index (χ0) is 101. The van der Waals surface area contributed by atoms with Gasteiger partial charge in [0.25, 0.3) is 33.6 Å². The minimum absolute atomic E-state index is 0. The van der Waals surface area contributed by atoms with Gasteiger partial charge in [0.1, 0.15) is 36.0 Å². The van der Waals surface area contributed by atoms with E-state index in [2.05, 4.69) is 98.5 Å². The van der Waals surface area contributed by atoms with Gasteiger partial charge in [0.15, 0.2) is 0 Å². The molecule has 3 heterocycles. The van der Waals surface area contributed by atoms with Crippen molar-refractivity contribution in [3.63, 3.8) is 0 Å². The van der Waals surface area contributed by atoms with E-state index in [-0.39, 0.29) is 156 Å². The summed E-state index contributed by atoms with van der Waals surface area (Å²) in [5.41, 5.74) is 29.3. The fourth-order valence-electron chi connectivity index (χ4n) is 13.0. The minimum Gasteiger partial charge on any atom is -0.464 e. The van der Waals surface area contributed by atoms with Gasteiger partial charge in [0.2, 0.25) is 58.5 Å². The molecule has 16 N–H and O–H groups in total. The van der Waals surface area contributed by atoms with Crippen molar-refractivity contribution in [2.75, 3.05) is 13.2 Å². The fraction of sp³-hybridized carbons (Fsp3) is 0.485. The number of hydrogen-bond acceptors (Lipinski definition) is 25. The number of H-pyrrole nitrogens is 3. The van der Waals surface area contributed by atoms with Crippen molar-refractivity contribution in [3.8, 4) is 0 Å². The molecule has 0 saturated heterocycles. The number of nitrogens with one attached hydrogen (secondary N) is 8. The number of benzene rings is 3. The highest BCUT2D eigenvalue weighted by Gasteiger charge is 2.34. The number of ether oxygens (including phenoxy) is 5. The summed E-state index contributed by atoms with van der Waals surface area (Å²) in [6.07, 6.45) is 12.4. The molecule has 3 aromatic heterocycles. The molecule has 6 rings (SSSR count). The van der Waals surface area contributed by atoms with Gasteiger partial charge in [0.05, 0.1) is 55.7 Å². The van der Waals surface area contributed by atoms with E-state index < -0.39 is 120 Å². The minimum atomic E-state index is -1.01. The number of carbonyl (C=O) groups is 16. The first kappa shape index (κ1) is 119. The molecule has 135 heavy (non-hydrogen) atoms.